The van der Waals surface area contributed by atoms with Crippen LogP contribution < -0.4 is 0 Å². The maximum absolute atomic E-state index is 2.64. The zero-order valence-corrected chi connectivity index (χ0v) is 9.82. The fourth-order valence-electron chi connectivity index (χ4n) is 2.57. The molecule has 1 aromatic carbocycles. The molecular weight excluding hydrogens is 182 g/mol. The van der Waals surface area contributed by atoms with E-state index in [9.17, 15) is 0 Å². The number of benzene rings is 1. The molecule has 0 N–H and O–H groups in total. The molecule has 0 aliphatic carbocycles. The molecule has 0 radical (unpaired) electrons. The van der Waals surface area contributed by atoms with Gasteiger partial charge in [0.05, 0.1) is 0 Å². The Morgan fingerprint density at radius 3 is 2.67 bits per heavy atom. The molecule has 15 heavy (non-hydrogen) atoms. The van der Waals surface area contributed by atoms with Crippen molar-refractivity contribution >= 4 is 0 Å². The van der Waals surface area contributed by atoms with Gasteiger partial charge in [0, 0.05) is 12.6 Å². The second-order valence-electron chi connectivity index (χ2n) is 4.96. The molecule has 1 atom stereocenters. The van der Waals surface area contributed by atoms with Gasteiger partial charge in [-0.3, -0.25) is 4.90 Å². The van der Waals surface area contributed by atoms with Gasteiger partial charge in [0.1, 0.15) is 0 Å². The first-order valence-corrected chi connectivity index (χ1v) is 6.06. The predicted octanol–water partition coefficient (Wildman–Crippen LogP) is 3.48. The summed E-state index contributed by atoms with van der Waals surface area (Å²) in [5.41, 5.74) is 1.50. The molecule has 1 heterocycles. The first-order valence-electron chi connectivity index (χ1n) is 6.06. The van der Waals surface area contributed by atoms with Gasteiger partial charge in [-0.05, 0) is 30.9 Å². The Hall–Kier alpha value is -0.820. The summed E-state index contributed by atoms with van der Waals surface area (Å²) >= 11 is 0. The second kappa shape index (κ2) is 4.80. The Morgan fingerprint density at radius 2 is 2.00 bits per heavy atom. The average Bonchev–Trinajstić information content (AvgIpc) is 2.66. The van der Waals surface area contributed by atoms with Crippen LogP contribution in [0.4, 0.5) is 0 Å². The smallest absolute Gasteiger partial charge is 0.0348 e. The van der Waals surface area contributed by atoms with Crippen LogP contribution in [0.5, 0.6) is 0 Å². The molecule has 0 saturated carbocycles. The van der Waals surface area contributed by atoms with Gasteiger partial charge < -0.3 is 0 Å². The highest BCUT2D eigenvalue weighted by molar-refractivity contribution is 5.19. The largest absolute Gasteiger partial charge is 0.296 e. The molecule has 0 amide bonds. The van der Waals surface area contributed by atoms with E-state index < -0.39 is 0 Å². The first kappa shape index (κ1) is 10.7. The van der Waals surface area contributed by atoms with Crippen LogP contribution in [0, 0.1) is 5.92 Å². The van der Waals surface area contributed by atoms with E-state index >= 15 is 0 Å². The molecule has 1 heteroatoms. The first-order chi connectivity index (χ1) is 7.27. The normalized spacial score (nSPS) is 22.5. The summed E-state index contributed by atoms with van der Waals surface area (Å²) in [6, 6.07) is 11.6. The minimum Gasteiger partial charge on any atom is -0.296 e. The van der Waals surface area contributed by atoms with Gasteiger partial charge in [-0.1, -0.05) is 44.2 Å². The zero-order chi connectivity index (χ0) is 10.7. The Labute approximate surface area is 93.1 Å². The third-order valence-electron chi connectivity index (χ3n) is 3.15. The summed E-state index contributed by atoms with van der Waals surface area (Å²) in [6.45, 7) is 7.12. The lowest BCUT2D eigenvalue weighted by molar-refractivity contribution is 0.229. The van der Waals surface area contributed by atoms with Crippen LogP contribution in [0.15, 0.2) is 30.3 Å². The topological polar surface area (TPSA) is 3.24 Å². The van der Waals surface area contributed by atoms with E-state index in [4.69, 9.17) is 0 Å². The molecular formula is C14H21N. The van der Waals surface area contributed by atoms with Gasteiger partial charge in [-0.25, -0.2) is 0 Å². The van der Waals surface area contributed by atoms with E-state index in [1.165, 1.54) is 31.5 Å². The van der Waals surface area contributed by atoms with Crippen LogP contribution in [-0.2, 0) is 0 Å². The molecule has 0 aromatic heterocycles. The van der Waals surface area contributed by atoms with Gasteiger partial charge in [0.25, 0.3) is 0 Å². The van der Waals surface area contributed by atoms with Crippen molar-refractivity contribution in [3.8, 4) is 0 Å². The van der Waals surface area contributed by atoms with Crippen molar-refractivity contribution in [3.63, 3.8) is 0 Å². The number of likely N-dealkylation sites (tertiary alicyclic amines) is 1. The third-order valence-corrected chi connectivity index (χ3v) is 3.15. The van der Waals surface area contributed by atoms with Gasteiger partial charge in [-0.15, -0.1) is 0 Å². The van der Waals surface area contributed by atoms with Crippen molar-refractivity contribution in [1.29, 1.82) is 0 Å². The lowest BCUT2D eigenvalue weighted by Gasteiger charge is -2.26. The monoisotopic (exact) mass is 203 g/mol. The van der Waals surface area contributed by atoms with Crippen molar-refractivity contribution in [1.82, 2.24) is 4.90 Å². The van der Waals surface area contributed by atoms with Crippen LogP contribution in [0.2, 0.25) is 0 Å². The van der Waals surface area contributed by atoms with Crippen molar-refractivity contribution in [2.75, 3.05) is 13.1 Å². The van der Waals surface area contributed by atoms with E-state index in [1.807, 2.05) is 0 Å². The van der Waals surface area contributed by atoms with E-state index in [0.29, 0.717) is 6.04 Å². The molecule has 2 rings (SSSR count). The highest BCUT2D eigenvalue weighted by atomic mass is 15.2. The molecule has 1 saturated heterocycles. The van der Waals surface area contributed by atoms with E-state index in [0.717, 1.165) is 5.92 Å². The third kappa shape index (κ3) is 2.60. The van der Waals surface area contributed by atoms with Crippen molar-refractivity contribution in [3.05, 3.63) is 35.9 Å². The fraction of sp³-hybridized carbons (Fsp3) is 0.571. The molecule has 82 valence electrons. The zero-order valence-electron chi connectivity index (χ0n) is 9.82. The highest BCUT2D eigenvalue weighted by Crippen LogP contribution is 2.31. The molecule has 0 bridgehead atoms. The van der Waals surface area contributed by atoms with Crippen molar-refractivity contribution < 1.29 is 0 Å². The van der Waals surface area contributed by atoms with Gasteiger partial charge >= 0.3 is 0 Å². The minimum absolute atomic E-state index is 0.675. The lowest BCUT2D eigenvalue weighted by atomic mass is 10.0. The fourth-order valence-corrected chi connectivity index (χ4v) is 2.57. The number of hydrogen-bond donors (Lipinski definition) is 0. The van der Waals surface area contributed by atoms with E-state index in [1.54, 1.807) is 0 Å². The standard InChI is InChI=1S/C14H21N/c1-12(2)11-15-10-6-9-14(15)13-7-4-3-5-8-13/h3-5,7-8,12,14H,6,9-11H2,1-2H3/t14-/m1/s1. The van der Waals surface area contributed by atoms with Crippen molar-refractivity contribution in [2.24, 2.45) is 5.92 Å². The van der Waals surface area contributed by atoms with E-state index in [2.05, 4.69) is 49.1 Å². The molecule has 1 fully saturated rings. The lowest BCUT2D eigenvalue weighted by Crippen LogP contribution is -2.27. The maximum atomic E-state index is 2.64. The Bertz CT molecular complexity index is 291. The van der Waals surface area contributed by atoms with Crippen LogP contribution >= 0.6 is 0 Å². The highest BCUT2D eigenvalue weighted by Gasteiger charge is 2.25. The van der Waals surface area contributed by atoms with Crippen LogP contribution in [0.25, 0.3) is 0 Å². The van der Waals surface area contributed by atoms with E-state index in [-0.39, 0.29) is 0 Å². The predicted molar refractivity (Wildman–Crippen MR) is 64.8 cm³/mol. The molecule has 0 spiro atoms. The number of hydrogen-bond acceptors (Lipinski definition) is 1. The summed E-state index contributed by atoms with van der Waals surface area (Å²) in [6.07, 6.45) is 2.68. The molecule has 1 aliphatic rings. The number of rotatable bonds is 3. The Morgan fingerprint density at radius 1 is 1.27 bits per heavy atom. The van der Waals surface area contributed by atoms with Gasteiger partial charge in [0.2, 0.25) is 0 Å². The number of nitrogens with zero attached hydrogens (tertiary/aromatic N) is 1. The molecule has 1 aromatic rings. The Kier molecular flexibility index (Phi) is 3.42. The summed E-state index contributed by atoms with van der Waals surface area (Å²) in [4.78, 5) is 2.64. The Balaban J connectivity index is 2.08. The van der Waals surface area contributed by atoms with Gasteiger partial charge in [0.15, 0.2) is 0 Å². The van der Waals surface area contributed by atoms with Gasteiger partial charge in [-0.2, -0.15) is 0 Å². The van der Waals surface area contributed by atoms with Crippen LogP contribution in [0.1, 0.15) is 38.3 Å². The second-order valence-corrected chi connectivity index (χ2v) is 4.96. The molecule has 1 aliphatic heterocycles. The summed E-state index contributed by atoms with van der Waals surface area (Å²) in [5, 5.41) is 0. The SMILES string of the molecule is CC(C)CN1CCC[C@@H]1c1ccccc1. The molecule has 1 nitrogen and oxygen atoms in total. The van der Waals surface area contributed by atoms with Crippen molar-refractivity contribution in [2.45, 2.75) is 32.7 Å². The summed E-state index contributed by atoms with van der Waals surface area (Å²) < 4.78 is 0. The molecule has 0 unspecified atom stereocenters. The average molecular weight is 203 g/mol. The van der Waals surface area contributed by atoms with Crippen LogP contribution in [0.3, 0.4) is 0 Å². The van der Waals surface area contributed by atoms with Crippen LogP contribution in [-0.4, -0.2) is 18.0 Å². The summed E-state index contributed by atoms with van der Waals surface area (Å²) in [5.74, 6) is 0.773. The quantitative estimate of drug-likeness (QED) is 0.727. The summed E-state index contributed by atoms with van der Waals surface area (Å²) in [7, 11) is 0. The minimum atomic E-state index is 0.675. The maximum Gasteiger partial charge on any atom is 0.0348 e.